The van der Waals surface area contributed by atoms with E-state index in [2.05, 4.69) is 43.5 Å². The highest BCUT2D eigenvalue weighted by atomic mass is 16.5. The third kappa shape index (κ3) is 61.6. The quantitative estimate of drug-likeness (QED) is 0.0320. The largest absolute Gasteiger partial charge is 0.466 e. The molecule has 0 bridgehead atoms. The van der Waals surface area contributed by atoms with Gasteiger partial charge in [-0.15, -0.1) is 0 Å². The standard InChI is InChI=1S/C70H135NO5/c1-3-5-7-9-11-13-15-16-17-18-31-35-38-41-44-48-52-56-60-64-70(75)76-65-61-57-53-49-45-42-39-36-33-30-28-26-24-22-20-19-21-23-25-27-29-32-34-37-40-43-47-51-55-59-63-69(74)71-67(66-72)68(73)62-58-54-50-46-14-12-10-8-6-4-2/h16-17,20,22,67-68,72-73H,3-15,18-19,21,23-66H2,1-2H3,(H,71,74)/b17-16-,22-20-. The van der Waals surface area contributed by atoms with Gasteiger partial charge in [0.15, 0.2) is 0 Å². The van der Waals surface area contributed by atoms with Gasteiger partial charge in [-0.2, -0.15) is 0 Å². The van der Waals surface area contributed by atoms with Crippen molar-refractivity contribution in [2.75, 3.05) is 13.2 Å². The number of amides is 1. The van der Waals surface area contributed by atoms with Crippen molar-refractivity contribution in [2.45, 2.75) is 398 Å². The van der Waals surface area contributed by atoms with Crippen LogP contribution in [0.3, 0.4) is 0 Å². The minimum absolute atomic E-state index is 0.0172. The van der Waals surface area contributed by atoms with Crippen LogP contribution in [-0.2, 0) is 14.3 Å². The number of allylic oxidation sites excluding steroid dienone is 4. The number of aliphatic hydroxyl groups is 2. The Labute approximate surface area is 475 Å². The maximum Gasteiger partial charge on any atom is 0.305 e. The van der Waals surface area contributed by atoms with Gasteiger partial charge >= 0.3 is 5.97 Å². The van der Waals surface area contributed by atoms with Crippen molar-refractivity contribution in [3.05, 3.63) is 24.3 Å². The van der Waals surface area contributed by atoms with Crippen LogP contribution in [0.2, 0.25) is 0 Å². The predicted octanol–water partition coefficient (Wildman–Crippen LogP) is 22.1. The molecule has 2 atom stereocenters. The Morgan fingerprint density at radius 1 is 0.355 bits per heavy atom. The first-order chi connectivity index (χ1) is 37.5. The lowest BCUT2D eigenvalue weighted by Crippen LogP contribution is -2.45. The van der Waals surface area contributed by atoms with Gasteiger partial charge in [0.2, 0.25) is 5.91 Å². The van der Waals surface area contributed by atoms with Crippen LogP contribution in [0.4, 0.5) is 0 Å². The fraction of sp³-hybridized carbons (Fsp3) is 0.914. The molecule has 0 fully saturated rings. The monoisotopic (exact) mass is 1070 g/mol. The highest BCUT2D eigenvalue weighted by Gasteiger charge is 2.20. The molecule has 76 heavy (non-hydrogen) atoms. The second-order valence-corrected chi connectivity index (χ2v) is 23.9. The summed E-state index contributed by atoms with van der Waals surface area (Å²) in [6.45, 7) is 4.96. The van der Waals surface area contributed by atoms with E-state index in [0.29, 0.717) is 25.9 Å². The number of nitrogens with one attached hydrogen (secondary N) is 1. The van der Waals surface area contributed by atoms with E-state index in [1.165, 1.54) is 315 Å². The van der Waals surface area contributed by atoms with Gasteiger partial charge in [0.05, 0.1) is 25.4 Å². The minimum Gasteiger partial charge on any atom is -0.466 e. The van der Waals surface area contributed by atoms with Crippen LogP contribution in [0.15, 0.2) is 24.3 Å². The molecule has 0 aromatic rings. The highest BCUT2D eigenvalue weighted by molar-refractivity contribution is 5.76. The molecule has 1 amide bonds. The summed E-state index contributed by atoms with van der Waals surface area (Å²) in [7, 11) is 0. The lowest BCUT2D eigenvalue weighted by molar-refractivity contribution is -0.143. The Morgan fingerprint density at radius 3 is 0.934 bits per heavy atom. The third-order valence-corrected chi connectivity index (χ3v) is 16.2. The zero-order valence-electron chi connectivity index (χ0n) is 51.5. The maximum atomic E-state index is 12.4. The number of ether oxygens (including phenoxy) is 1. The van der Waals surface area contributed by atoms with Gasteiger partial charge in [0.25, 0.3) is 0 Å². The summed E-state index contributed by atoms with van der Waals surface area (Å²) in [6.07, 6.45) is 82.4. The summed E-state index contributed by atoms with van der Waals surface area (Å²) in [5.41, 5.74) is 0. The Morgan fingerprint density at radius 2 is 0.618 bits per heavy atom. The molecule has 0 heterocycles. The molecule has 0 saturated carbocycles. The third-order valence-electron chi connectivity index (χ3n) is 16.2. The summed E-state index contributed by atoms with van der Waals surface area (Å²) in [6, 6.07) is -0.538. The molecular formula is C70H135NO5. The first-order valence-corrected chi connectivity index (χ1v) is 34.6. The van der Waals surface area contributed by atoms with Crippen molar-refractivity contribution in [1.29, 1.82) is 0 Å². The number of esters is 1. The summed E-state index contributed by atoms with van der Waals surface area (Å²) in [5, 5.41) is 23.2. The molecule has 2 unspecified atom stereocenters. The van der Waals surface area contributed by atoms with E-state index in [9.17, 15) is 19.8 Å². The van der Waals surface area contributed by atoms with Gasteiger partial charge in [-0.1, -0.05) is 321 Å². The molecule has 0 aromatic carbocycles. The van der Waals surface area contributed by atoms with Gasteiger partial charge in [-0.25, -0.2) is 0 Å². The second kappa shape index (κ2) is 65.9. The van der Waals surface area contributed by atoms with E-state index < -0.39 is 12.1 Å². The van der Waals surface area contributed by atoms with Crippen molar-refractivity contribution < 1.29 is 24.5 Å². The van der Waals surface area contributed by atoms with Crippen LogP contribution in [0.25, 0.3) is 0 Å². The van der Waals surface area contributed by atoms with Gasteiger partial charge in [0, 0.05) is 12.8 Å². The van der Waals surface area contributed by atoms with E-state index in [1.54, 1.807) is 0 Å². The summed E-state index contributed by atoms with van der Waals surface area (Å²) in [5.74, 6) is -0.0163. The van der Waals surface area contributed by atoms with E-state index >= 15 is 0 Å². The molecule has 0 saturated heterocycles. The second-order valence-electron chi connectivity index (χ2n) is 23.9. The van der Waals surface area contributed by atoms with Gasteiger partial charge in [0.1, 0.15) is 0 Å². The van der Waals surface area contributed by atoms with Crippen molar-refractivity contribution in [3.8, 4) is 0 Å². The summed E-state index contributed by atoms with van der Waals surface area (Å²) >= 11 is 0. The number of hydrogen-bond donors (Lipinski definition) is 3. The Balaban J connectivity index is 3.32. The summed E-state index contributed by atoms with van der Waals surface area (Å²) < 4.78 is 5.51. The highest BCUT2D eigenvalue weighted by Crippen LogP contribution is 2.18. The van der Waals surface area contributed by atoms with Crippen molar-refractivity contribution >= 4 is 11.9 Å². The lowest BCUT2D eigenvalue weighted by atomic mass is 10.0. The first kappa shape index (κ1) is 74.3. The lowest BCUT2D eigenvalue weighted by Gasteiger charge is -2.22. The van der Waals surface area contributed by atoms with E-state index in [0.717, 1.165) is 38.5 Å². The first-order valence-electron chi connectivity index (χ1n) is 34.6. The van der Waals surface area contributed by atoms with Crippen LogP contribution >= 0.6 is 0 Å². The average molecular weight is 1070 g/mol. The van der Waals surface area contributed by atoms with E-state index in [4.69, 9.17) is 4.74 Å². The van der Waals surface area contributed by atoms with Gasteiger partial charge in [-0.3, -0.25) is 9.59 Å². The number of rotatable bonds is 65. The fourth-order valence-electron chi connectivity index (χ4n) is 10.9. The molecule has 0 aliphatic heterocycles. The summed E-state index contributed by atoms with van der Waals surface area (Å²) in [4.78, 5) is 24.6. The van der Waals surface area contributed by atoms with Gasteiger partial charge < -0.3 is 20.3 Å². The molecule has 0 aromatic heterocycles. The van der Waals surface area contributed by atoms with Crippen LogP contribution in [-0.4, -0.2) is 47.4 Å². The molecule has 0 radical (unpaired) electrons. The number of hydrogen-bond acceptors (Lipinski definition) is 5. The number of unbranched alkanes of at least 4 members (excludes halogenated alkanes) is 50. The molecule has 6 heteroatoms. The van der Waals surface area contributed by atoms with Crippen LogP contribution < -0.4 is 5.32 Å². The molecule has 0 rings (SSSR count). The Hall–Kier alpha value is -1.66. The zero-order chi connectivity index (χ0) is 55.0. The van der Waals surface area contributed by atoms with Crippen molar-refractivity contribution in [2.24, 2.45) is 0 Å². The Kier molecular flexibility index (Phi) is 64.4. The molecule has 3 N–H and O–H groups in total. The smallest absolute Gasteiger partial charge is 0.305 e. The predicted molar refractivity (Wildman–Crippen MR) is 333 cm³/mol. The Bertz CT molecular complexity index is 1190. The van der Waals surface area contributed by atoms with Crippen LogP contribution in [0.5, 0.6) is 0 Å². The average Bonchev–Trinajstić information content (AvgIpc) is 3.42. The number of carbonyl (C=O) groups is 2. The normalized spacial score (nSPS) is 12.6. The number of aliphatic hydroxyl groups excluding tert-OH is 2. The minimum atomic E-state index is -0.661. The molecule has 0 aliphatic carbocycles. The molecule has 6 nitrogen and oxygen atoms in total. The fourth-order valence-corrected chi connectivity index (χ4v) is 10.9. The molecule has 0 spiro atoms. The van der Waals surface area contributed by atoms with Crippen molar-refractivity contribution in [3.63, 3.8) is 0 Å². The molecular weight excluding hydrogens is 935 g/mol. The van der Waals surface area contributed by atoms with Crippen LogP contribution in [0.1, 0.15) is 386 Å². The van der Waals surface area contributed by atoms with E-state index in [-0.39, 0.29) is 18.5 Å². The van der Waals surface area contributed by atoms with Crippen LogP contribution in [0, 0.1) is 0 Å². The molecule has 450 valence electrons. The van der Waals surface area contributed by atoms with Crippen molar-refractivity contribution in [1.82, 2.24) is 5.32 Å². The number of carbonyl (C=O) groups excluding carboxylic acids is 2. The zero-order valence-corrected chi connectivity index (χ0v) is 51.5. The topological polar surface area (TPSA) is 95.9 Å². The van der Waals surface area contributed by atoms with Gasteiger partial charge in [-0.05, 0) is 77.0 Å². The SMILES string of the molecule is CCCCCCCC/C=C\CCCCCCCCCCCC(=O)OCCCCCCCCCCCCCC/C=C\CCCCCCCCCCCCCCCCC(=O)NC(CO)C(O)CCCCCCCCCCCC. The van der Waals surface area contributed by atoms with E-state index in [1.807, 2.05) is 0 Å². The maximum absolute atomic E-state index is 12.4. The molecule has 0 aliphatic rings.